The second-order valence-electron chi connectivity index (χ2n) is 4.56. The third kappa shape index (κ3) is 3.58. The zero-order valence-electron chi connectivity index (χ0n) is 10.7. The molecule has 0 aromatic rings. The van der Waals surface area contributed by atoms with Gasteiger partial charge < -0.3 is 10.1 Å². The maximum Gasteiger partial charge on any atom is 0.0625 e. The summed E-state index contributed by atoms with van der Waals surface area (Å²) < 4.78 is 5.46. The fourth-order valence-corrected chi connectivity index (χ4v) is 1.45. The van der Waals surface area contributed by atoms with E-state index in [1.54, 1.807) is 0 Å². The number of nitrogens with one attached hydrogen (secondary N) is 1. The molecule has 1 heterocycles. The third-order valence-corrected chi connectivity index (χ3v) is 3.31. The minimum atomic E-state index is 0.334. The van der Waals surface area contributed by atoms with Crippen molar-refractivity contribution in [3.8, 4) is 0 Å². The molecule has 1 atom stereocenters. The summed E-state index contributed by atoms with van der Waals surface area (Å²) in [7, 11) is 0. The van der Waals surface area contributed by atoms with E-state index in [9.17, 15) is 0 Å². The summed E-state index contributed by atoms with van der Waals surface area (Å²) in [6.07, 6.45) is 0. The molecular formula is C12H27NO. The van der Waals surface area contributed by atoms with Crippen LogP contribution in [0.4, 0.5) is 0 Å². The second kappa shape index (κ2) is 6.41. The van der Waals surface area contributed by atoms with Crippen molar-refractivity contribution in [2.24, 2.45) is 11.3 Å². The summed E-state index contributed by atoms with van der Waals surface area (Å²) in [5.74, 6) is 0.691. The normalized spacial score (nSPS) is 22.9. The second-order valence-corrected chi connectivity index (χ2v) is 4.56. The van der Waals surface area contributed by atoms with Gasteiger partial charge >= 0.3 is 0 Å². The number of hydrogen-bond donors (Lipinski definition) is 1. The van der Waals surface area contributed by atoms with Gasteiger partial charge in [-0.15, -0.1) is 0 Å². The van der Waals surface area contributed by atoms with Gasteiger partial charge in [0.2, 0.25) is 0 Å². The van der Waals surface area contributed by atoms with Gasteiger partial charge in [0.15, 0.2) is 0 Å². The van der Waals surface area contributed by atoms with Crippen molar-refractivity contribution in [3.63, 3.8) is 0 Å². The van der Waals surface area contributed by atoms with Gasteiger partial charge in [-0.3, -0.25) is 0 Å². The van der Waals surface area contributed by atoms with Gasteiger partial charge in [-0.1, -0.05) is 41.5 Å². The molecule has 1 saturated heterocycles. The molecule has 1 aliphatic heterocycles. The molecule has 1 fully saturated rings. The maximum atomic E-state index is 5.46. The summed E-state index contributed by atoms with van der Waals surface area (Å²) in [6.45, 7) is 15.9. The Morgan fingerprint density at radius 1 is 1.29 bits per heavy atom. The van der Waals surface area contributed by atoms with Crippen LogP contribution in [0.15, 0.2) is 0 Å². The van der Waals surface area contributed by atoms with Crippen LogP contribution in [0.3, 0.4) is 0 Å². The quantitative estimate of drug-likeness (QED) is 0.741. The Balaban J connectivity index is 0.000000791. The number of morpholine rings is 1. The van der Waals surface area contributed by atoms with Gasteiger partial charge in [0.05, 0.1) is 13.2 Å². The first-order valence-electron chi connectivity index (χ1n) is 5.86. The molecular weight excluding hydrogens is 174 g/mol. The van der Waals surface area contributed by atoms with Gasteiger partial charge in [-0.05, 0) is 11.3 Å². The summed E-state index contributed by atoms with van der Waals surface area (Å²) >= 11 is 0. The number of hydrogen-bond acceptors (Lipinski definition) is 2. The van der Waals surface area contributed by atoms with Crippen LogP contribution in [0, 0.1) is 11.3 Å². The van der Waals surface area contributed by atoms with E-state index in [-0.39, 0.29) is 0 Å². The SMILES string of the molecule is CC.CC(C)C(C)(C)C1COCCN1. The van der Waals surface area contributed by atoms with E-state index < -0.39 is 0 Å². The Morgan fingerprint density at radius 2 is 1.86 bits per heavy atom. The largest absolute Gasteiger partial charge is 0.378 e. The van der Waals surface area contributed by atoms with Crippen molar-refractivity contribution < 1.29 is 4.74 Å². The van der Waals surface area contributed by atoms with E-state index in [0.29, 0.717) is 17.4 Å². The number of rotatable bonds is 2. The molecule has 2 nitrogen and oxygen atoms in total. The molecule has 86 valence electrons. The summed E-state index contributed by atoms with van der Waals surface area (Å²) in [6, 6.07) is 0.520. The van der Waals surface area contributed by atoms with Crippen molar-refractivity contribution in [2.45, 2.75) is 47.6 Å². The van der Waals surface area contributed by atoms with Crippen LogP contribution in [0.25, 0.3) is 0 Å². The average molecular weight is 201 g/mol. The Bertz CT molecular complexity index is 137. The molecule has 1 N–H and O–H groups in total. The minimum absolute atomic E-state index is 0.334. The highest BCUT2D eigenvalue weighted by molar-refractivity contribution is 4.87. The molecule has 1 rings (SSSR count). The highest BCUT2D eigenvalue weighted by Gasteiger charge is 2.33. The highest BCUT2D eigenvalue weighted by atomic mass is 16.5. The zero-order valence-corrected chi connectivity index (χ0v) is 10.7. The van der Waals surface area contributed by atoms with Gasteiger partial charge in [-0.25, -0.2) is 0 Å². The lowest BCUT2D eigenvalue weighted by Gasteiger charge is -2.40. The van der Waals surface area contributed by atoms with Crippen molar-refractivity contribution in [3.05, 3.63) is 0 Å². The summed E-state index contributed by atoms with van der Waals surface area (Å²) in [5, 5.41) is 3.52. The molecule has 0 aromatic heterocycles. The van der Waals surface area contributed by atoms with Crippen molar-refractivity contribution in [1.29, 1.82) is 0 Å². The van der Waals surface area contributed by atoms with Gasteiger partial charge in [-0.2, -0.15) is 0 Å². The van der Waals surface area contributed by atoms with Crippen LogP contribution in [0.5, 0.6) is 0 Å². The zero-order chi connectivity index (χ0) is 11.2. The van der Waals surface area contributed by atoms with Gasteiger partial charge in [0.25, 0.3) is 0 Å². The van der Waals surface area contributed by atoms with Crippen LogP contribution in [0.1, 0.15) is 41.5 Å². The van der Waals surface area contributed by atoms with Crippen LogP contribution >= 0.6 is 0 Å². The van der Waals surface area contributed by atoms with Crippen LogP contribution in [-0.4, -0.2) is 25.8 Å². The van der Waals surface area contributed by atoms with E-state index in [0.717, 1.165) is 19.8 Å². The molecule has 0 spiro atoms. The highest BCUT2D eigenvalue weighted by Crippen LogP contribution is 2.31. The third-order valence-electron chi connectivity index (χ3n) is 3.31. The van der Waals surface area contributed by atoms with Crippen molar-refractivity contribution >= 4 is 0 Å². The molecule has 0 radical (unpaired) electrons. The lowest BCUT2D eigenvalue weighted by atomic mass is 9.75. The summed E-state index contributed by atoms with van der Waals surface area (Å²) in [4.78, 5) is 0. The molecule has 0 bridgehead atoms. The summed E-state index contributed by atoms with van der Waals surface area (Å²) in [5.41, 5.74) is 0.334. The Hall–Kier alpha value is -0.0800. The van der Waals surface area contributed by atoms with Crippen LogP contribution in [-0.2, 0) is 4.74 Å². The lowest BCUT2D eigenvalue weighted by molar-refractivity contribution is 0.0168. The van der Waals surface area contributed by atoms with E-state index >= 15 is 0 Å². The predicted octanol–water partition coefficient (Wildman–Crippen LogP) is 2.68. The van der Waals surface area contributed by atoms with Gasteiger partial charge in [0, 0.05) is 12.6 Å². The Morgan fingerprint density at radius 3 is 2.21 bits per heavy atom. The smallest absolute Gasteiger partial charge is 0.0625 e. The molecule has 1 aliphatic rings. The molecule has 1 unspecified atom stereocenters. The first kappa shape index (κ1) is 13.9. The number of ether oxygens (including phenoxy) is 1. The monoisotopic (exact) mass is 201 g/mol. The standard InChI is InChI=1S/C10H21NO.C2H6/c1-8(2)10(3,4)9-7-12-6-5-11-9;1-2/h8-9,11H,5-7H2,1-4H3;1-2H3. The predicted molar refractivity (Wildman–Crippen MR) is 62.6 cm³/mol. The van der Waals surface area contributed by atoms with E-state index in [2.05, 4.69) is 33.0 Å². The first-order chi connectivity index (χ1) is 6.55. The molecule has 0 aromatic carbocycles. The van der Waals surface area contributed by atoms with Crippen molar-refractivity contribution in [2.75, 3.05) is 19.8 Å². The molecule has 2 heteroatoms. The molecule has 0 saturated carbocycles. The van der Waals surface area contributed by atoms with E-state index in [1.807, 2.05) is 13.8 Å². The molecule has 0 amide bonds. The molecule has 14 heavy (non-hydrogen) atoms. The van der Waals surface area contributed by atoms with Crippen LogP contribution in [0.2, 0.25) is 0 Å². The van der Waals surface area contributed by atoms with Crippen molar-refractivity contribution in [1.82, 2.24) is 5.32 Å². The van der Waals surface area contributed by atoms with Gasteiger partial charge in [0.1, 0.15) is 0 Å². The average Bonchev–Trinajstić information content (AvgIpc) is 2.22. The fourth-order valence-electron chi connectivity index (χ4n) is 1.45. The first-order valence-corrected chi connectivity index (χ1v) is 5.86. The maximum absolute atomic E-state index is 5.46. The lowest BCUT2D eigenvalue weighted by Crippen LogP contribution is -2.52. The topological polar surface area (TPSA) is 21.3 Å². The fraction of sp³-hybridized carbons (Fsp3) is 1.00. The van der Waals surface area contributed by atoms with E-state index in [4.69, 9.17) is 4.74 Å². The van der Waals surface area contributed by atoms with Crippen LogP contribution < -0.4 is 5.32 Å². The Labute approximate surface area is 89.4 Å². The Kier molecular flexibility index (Phi) is 6.38. The minimum Gasteiger partial charge on any atom is -0.378 e. The molecule has 0 aliphatic carbocycles. The van der Waals surface area contributed by atoms with E-state index in [1.165, 1.54) is 0 Å².